The zero-order valence-electron chi connectivity index (χ0n) is 9.25. The van der Waals surface area contributed by atoms with E-state index in [1.54, 1.807) is 27.7 Å². The number of nitro groups is 1. The minimum absolute atomic E-state index is 0.328. The highest BCUT2D eigenvalue weighted by molar-refractivity contribution is 7.57. The number of hydrogen-bond acceptors (Lipinski definition) is 5. The van der Waals surface area contributed by atoms with E-state index in [9.17, 15) is 14.7 Å². The van der Waals surface area contributed by atoms with Gasteiger partial charge >= 0.3 is 7.60 Å². The molecule has 0 radical (unpaired) electrons. The molecule has 0 aliphatic heterocycles. The number of nitrogens with zero attached hydrogens (tertiary/aromatic N) is 1. The molecule has 0 heterocycles. The Morgan fingerprint density at radius 3 is 1.87 bits per heavy atom. The van der Waals surface area contributed by atoms with Gasteiger partial charge in [-0.15, -0.1) is 0 Å². The summed E-state index contributed by atoms with van der Waals surface area (Å²) in [7, 11) is -3.51. The standard InChI is InChI=1S/C8H16NO5P/c1-7(2)13-15(12,14-8(3)4)6-5-9(10)11/h5-8H,1-4H3. The third-order valence-electron chi connectivity index (χ3n) is 1.09. The van der Waals surface area contributed by atoms with Crippen LogP contribution in [0.25, 0.3) is 0 Å². The van der Waals surface area contributed by atoms with Gasteiger partial charge in [-0.25, -0.2) is 0 Å². The fourth-order valence-corrected chi connectivity index (χ4v) is 2.46. The van der Waals surface area contributed by atoms with Gasteiger partial charge < -0.3 is 9.05 Å². The first-order chi connectivity index (χ1) is 6.75. The van der Waals surface area contributed by atoms with E-state index in [1.165, 1.54) is 0 Å². The normalized spacial score (nSPS) is 12.9. The fourth-order valence-electron chi connectivity index (χ4n) is 0.819. The summed E-state index contributed by atoms with van der Waals surface area (Å²) >= 11 is 0. The highest BCUT2D eigenvalue weighted by atomic mass is 31.2. The van der Waals surface area contributed by atoms with E-state index in [-0.39, 0.29) is 12.2 Å². The van der Waals surface area contributed by atoms with Gasteiger partial charge in [-0.05, 0) is 27.7 Å². The van der Waals surface area contributed by atoms with Crippen LogP contribution >= 0.6 is 7.60 Å². The molecule has 0 rings (SSSR count). The second-order valence-electron chi connectivity index (χ2n) is 3.43. The van der Waals surface area contributed by atoms with Gasteiger partial charge in [-0.1, -0.05) is 0 Å². The van der Waals surface area contributed by atoms with E-state index in [0.29, 0.717) is 6.20 Å². The molecule has 15 heavy (non-hydrogen) atoms. The summed E-state index contributed by atoms with van der Waals surface area (Å²) in [4.78, 5) is 9.40. The van der Waals surface area contributed by atoms with Crippen LogP contribution in [0, 0.1) is 10.1 Å². The summed E-state index contributed by atoms with van der Waals surface area (Å²) in [5.74, 6) is 0.868. The maximum atomic E-state index is 11.9. The second-order valence-corrected chi connectivity index (χ2v) is 5.23. The molecule has 0 fully saturated rings. The summed E-state index contributed by atoms with van der Waals surface area (Å²) in [5, 5.41) is 10.1. The largest absolute Gasteiger partial charge is 0.360 e. The first-order valence-corrected chi connectivity index (χ1v) is 6.16. The average molecular weight is 237 g/mol. The van der Waals surface area contributed by atoms with E-state index in [2.05, 4.69) is 0 Å². The van der Waals surface area contributed by atoms with E-state index in [0.717, 1.165) is 5.82 Å². The van der Waals surface area contributed by atoms with Crippen molar-refractivity contribution in [3.05, 3.63) is 22.1 Å². The van der Waals surface area contributed by atoms with Crippen LogP contribution in [0.3, 0.4) is 0 Å². The van der Waals surface area contributed by atoms with Crippen molar-refractivity contribution in [2.45, 2.75) is 39.9 Å². The summed E-state index contributed by atoms with van der Waals surface area (Å²) in [6.45, 7) is 6.71. The zero-order chi connectivity index (χ0) is 12.1. The van der Waals surface area contributed by atoms with Crippen LogP contribution in [0.5, 0.6) is 0 Å². The smallest absolute Gasteiger partial charge is 0.303 e. The fraction of sp³-hybridized carbons (Fsp3) is 0.750. The van der Waals surface area contributed by atoms with Crippen molar-refractivity contribution in [3.63, 3.8) is 0 Å². The first kappa shape index (κ1) is 14.3. The number of rotatable bonds is 6. The predicted octanol–water partition coefficient (Wildman–Crippen LogP) is 2.78. The Hall–Kier alpha value is -0.710. The molecule has 0 atom stereocenters. The SMILES string of the molecule is CC(C)OP(=O)(C=C[N+](=O)[O-])OC(C)C. The van der Waals surface area contributed by atoms with Crippen LogP contribution in [0.1, 0.15) is 27.7 Å². The van der Waals surface area contributed by atoms with E-state index >= 15 is 0 Å². The summed E-state index contributed by atoms with van der Waals surface area (Å²) in [6.07, 6.45) is -0.0806. The maximum absolute atomic E-state index is 11.9. The molecule has 0 aromatic carbocycles. The molecule has 88 valence electrons. The number of hydrogen-bond donors (Lipinski definition) is 0. The van der Waals surface area contributed by atoms with Gasteiger partial charge in [0.05, 0.1) is 22.9 Å². The monoisotopic (exact) mass is 237 g/mol. The molecule has 0 amide bonds. The van der Waals surface area contributed by atoms with Crippen LogP contribution in [-0.2, 0) is 13.6 Å². The van der Waals surface area contributed by atoms with Crippen molar-refractivity contribution in [1.82, 2.24) is 0 Å². The first-order valence-electron chi connectivity index (χ1n) is 4.54. The lowest BCUT2D eigenvalue weighted by Gasteiger charge is -2.18. The molecule has 6 nitrogen and oxygen atoms in total. The van der Waals surface area contributed by atoms with E-state index < -0.39 is 12.5 Å². The van der Waals surface area contributed by atoms with E-state index in [4.69, 9.17) is 9.05 Å². The van der Waals surface area contributed by atoms with Crippen LogP contribution in [0.15, 0.2) is 12.0 Å². The van der Waals surface area contributed by atoms with Crippen LogP contribution in [0.4, 0.5) is 0 Å². The second kappa shape index (κ2) is 6.00. The molecule has 0 aromatic rings. The molecule has 0 saturated carbocycles. The summed E-state index contributed by atoms with van der Waals surface area (Å²) in [6, 6.07) is 0. The topological polar surface area (TPSA) is 78.7 Å². The molecule has 0 aliphatic rings. The molecular weight excluding hydrogens is 221 g/mol. The molecule has 0 aromatic heterocycles. The Kier molecular flexibility index (Phi) is 5.72. The minimum Gasteiger partial charge on any atom is -0.303 e. The lowest BCUT2D eigenvalue weighted by Crippen LogP contribution is -2.06. The van der Waals surface area contributed by atoms with E-state index in [1.807, 2.05) is 0 Å². The average Bonchev–Trinajstić information content (AvgIpc) is 1.97. The van der Waals surface area contributed by atoms with Crippen molar-refractivity contribution < 1.29 is 18.5 Å². The molecule has 7 heteroatoms. The summed E-state index contributed by atoms with van der Waals surface area (Å²) in [5.41, 5.74) is 0. The maximum Gasteiger partial charge on any atom is 0.360 e. The zero-order valence-corrected chi connectivity index (χ0v) is 10.1. The third kappa shape index (κ3) is 7.25. The van der Waals surface area contributed by atoms with Crippen molar-refractivity contribution in [3.8, 4) is 0 Å². The molecule has 0 saturated heterocycles. The van der Waals surface area contributed by atoms with Gasteiger partial charge in [0.2, 0.25) is 6.20 Å². The van der Waals surface area contributed by atoms with Crippen molar-refractivity contribution in [2.75, 3.05) is 0 Å². The van der Waals surface area contributed by atoms with Crippen molar-refractivity contribution in [1.29, 1.82) is 0 Å². The van der Waals surface area contributed by atoms with Gasteiger partial charge in [0.25, 0.3) is 0 Å². The van der Waals surface area contributed by atoms with Crippen LogP contribution < -0.4 is 0 Å². The highest BCUT2D eigenvalue weighted by Gasteiger charge is 2.25. The van der Waals surface area contributed by atoms with Gasteiger partial charge in [0.15, 0.2) is 0 Å². The Morgan fingerprint density at radius 1 is 1.20 bits per heavy atom. The minimum atomic E-state index is -3.51. The molecular formula is C8H16NO5P. The Balaban J connectivity index is 4.70. The van der Waals surface area contributed by atoms with Crippen molar-refractivity contribution >= 4 is 7.60 Å². The Bertz CT molecular complexity index is 273. The molecule has 0 bridgehead atoms. The van der Waals surface area contributed by atoms with Gasteiger partial charge in [0.1, 0.15) is 0 Å². The van der Waals surface area contributed by atoms with Gasteiger partial charge in [-0.3, -0.25) is 14.7 Å². The quantitative estimate of drug-likeness (QED) is 0.403. The Labute approximate surface area is 88.9 Å². The molecule has 0 aliphatic carbocycles. The van der Waals surface area contributed by atoms with Crippen LogP contribution in [0.2, 0.25) is 0 Å². The third-order valence-corrected chi connectivity index (χ3v) is 3.02. The molecule has 0 spiro atoms. The van der Waals surface area contributed by atoms with Crippen LogP contribution in [-0.4, -0.2) is 17.1 Å². The predicted molar refractivity (Wildman–Crippen MR) is 56.2 cm³/mol. The van der Waals surface area contributed by atoms with Gasteiger partial charge in [0, 0.05) is 0 Å². The lowest BCUT2D eigenvalue weighted by molar-refractivity contribution is -0.402. The van der Waals surface area contributed by atoms with Gasteiger partial charge in [-0.2, -0.15) is 0 Å². The highest BCUT2D eigenvalue weighted by Crippen LogP contribution is 2.51. The lowest BCUT2D eigenvalue weighted by atomic mass is 10.5. The Morgan fingerprint density at radius 2 is 1.60 bits per heavy atom. The molecule has 0 N–H and O–H groups in total. The summed E-state index contributed by atoms with van der Waals surface area (Å²) < 4.78 is 22.0. The van der Waals surface area contributed by atoms with Crippen molar-refractivity contribution in [2.24, 2.45) is 0 Å². The molecule has 0 unspecified atom stereocenters.